The van der Waals surface area contributed by atoms with E-state index in [9.17, 15) is 0 Å². The summed E-state index contributed by atoms with van der Waals surface area (Å²) in [5, 5.41) is 4.50. The van der Waals surface area contributed by atoms with Crippen molar-refractivity contribution < 1.29 is 4.74 Å². The second-order valence-corrected chi connectivity index (χ2v) is 6.81. The molecule has 0 radical (unpaired) electrons. The van der Waals surface area contributed by atoms with Gasteiger partial charge in [0.2, 0.25) is 0 Å². The van der Waals surface area contributed by atoms with Gasteiger partial charge in [0.15, 0.2) is 5.96 Å². The molecule has 1 unspecified atom stereocenters. The van der Waals surface area contributed by atoms with Crippen molar-refractivity contribution in [3.8, 4) is 0 Å². The lowest BCUT2D eigenvalue weighted by Crippen LogP contribution is -2.39. The van der Waals surface area contributed by atoms with Crippen molar-refractivity contribution >= 4 is 29.2 Å². The molecule has 5 nitrogen and oxygen atoms in total. The molecule has 3 N–H and O–H groups in total. The highest BCUT2D eigenvalue weighted by Gasteiger charge is 2.13. The molecule has 0 bridgehead atoms. The molecule has 1 aliphatic heterocycles. The van der Waals surface area contributed by atoms with Gasteiger partial charge in [-0.25, -0.2) is 0 Å². The first-order valence-electron chi connectivity index (χ1n) is 8.35. The third kappa shape index (κ3) is 6.13. The molecular weight excluding hydrogens is 347 g/mol. The molecule has 0 saturated carbocycles. The average molecular weight is 373 g/mol. The van der Waals surface area contributed by atoms with E-state index >= 15 is 0 Å². The van der Waals surface area contributed by atoms with Crippen LogP contribution in [0.1, 0.15) is 24.8 Å². The van der Waals surface area contributed by atoms with Crippen molar-refractivity contribution in [3.63, 3.8) is 0 Å². The fourth-order valence-corrected chi connectivity index (χ4v) is 3.48. The minimum Gasteiger partial charge on any atom is -0.379 e. The Hall–Kier alpha value is -1.01. The number of hydrogen-bond donors (Lipinski definition) is 2. The van der Waals surface area contributed by atoms with Crippen LogP contribution in [-0.2, 0) is 4.74 Å². The zero-order valence-electron chi connectivity index (χ0n) is 14.1. The Morgan fingerprint density at radius 2 is 2.00 bits per heavy atom. The topological polar surface area (TPSA) is 62.9 Å². The summed E-state index contributed by atoms with van der Waals surface area (Å²) in [4.78, 5) is 6.80. The molecule has 1 aliphatic rings. The van der Waals surface area contributed by atoms with Crippen molar-refractivity contribution in [2.75, 3.05) is 45.9 Å². The number of nitrogens with one attached hydrogen (secondary N) is 1. The van der Waals surface area contributed by atoms with Crippen molar-refractivity contribution in [1.29, 1.82) is 0 Å². The number of nitrogens with zero attached hydrogens (tertiary/aromatic N) is 2. The molecule has 7 heteroatoms. The Balaban J connectivity index is 1.71. The molecule has 1 aromatic carbocycles. The van der Waals surface area contributed by atoms with Crippen LogP contribution in [0.3, 0.4) is 0 Å². The maximum absolute atomic E-state index is 6.22. The van der Waals surface area contributed by atoms with Gasteiger partial charge in [-0.2, -0.15) is 0 Å². The summed E-state index contributed by atoms with van der Waals surface area (Å²) in [7, 11) is 0. The van der Waals surface area contributed by atoms with Crippen molar-refractivity contribution in [1.82, 2.24) is 10.2 Å². The maximum atomic E-state index is 6.22. The van der Waals surface area contributed by atoms with E-state index in [4.69, 9.17) is 33.7 Å². The Morgan fingerprint density at radius 3 is 2.67 bits per heavy atom. The molecule has 1 fully saturated rings. The molecule has 1 atom stereocenters. The molecule has 2 rings (SSSR count). The van der Waals surface area contributed by atoms with E-state index in [1.54, 1.807) is 0 Å². The van der Waals surface area contributed by atoms with Gasteiger partial charge in [-0.15, -0.1) is 0 Å². The van der Waals surface area contributed by atoms with E-state index in [0.717, 1.165) is 51.4 Å². The van der Waals surface area contributed by atoms with Gasteiger partial charge in [-0.1, -0.05) is 36.2 Å². The van der Waals surface area contributed by atoms with Gasteiger partial charge < -0.3 is 15.8 Å². The molecule has 0 amide bonds. The highest BCUT2D eigenvalue weighted by Crippen LogP contribution is 2.31. The lowest BCUT2D eigenvalue weighted by molar-refractivity contribution is 0.0376. The fourth-order valence-electron chi connectivity index (χ4n) is 2.71. The summed E-state index contributed by atoms with van der Waals surface area (Å²) in [5.74, 6) is 0.576. The number of rotatable bonds is 7. The molecule has 134 valence electrons. The first kappa shape index (κ1) is 19.3. The Kier molecular flexibility index (Phi) is 8.12. The van der Waals surface area contributed by atoms with E-state index in [-0.39, 0.29) is 5.92 Å². The first-order valence-corrected chi connectivity index (χ1v) is 9.11. The Labute approximate surface area is 154 Å². The number of hydrogen-bond acceptors (Lipinski definition) is 3. The minimum absolute atomic E-state index is 0.111. The lowest BCUT2D eigenvalue weighted by Gasteiger charge is -2.26. The molecule has 0 spiro atoms. The quantitative estimate of drug-likeness (QED) is 0.438. The monoisotopic (exact) mass is 372 g/mol. The van der Waals surface area contributed by atoms with Gasteiger partial charge in [0.05, 0.1) is 13.2 Å². The predicted octanol–water partition coefficient (Wildman–Crippen LogP) is 2.72. The molecule has 0 aromatic heterocycles. The van der Waals surface area contributed by atoms with Gasteiger partial charge >= 0.3 is 0 Å². The van der Waals surface area contributed by atoms with Crippen LogP contribution in [0, 0.1) is 0 Å². The van der Waals surface area contributed by atoms with Gasteiger partial charge in [-0.05, 0) is 30.7 Å². The fraction of sp³-hybridized carbons (Fsp3) is 0.588. The summed E-state index contributed by atoms with van der Waals surface area (Å²) < 4.78 is 5.34. The van der Waals surface area contributed by atoms with Gasteiger partial charge in [0.1, 0.15) is 0 Å². The number of guanidine groups is 1. The SMILES string of the molecule is CC(CN=C(N)NCCCN1CCOCC1)c1c(Cl)cccc1Cl. The van der Waals surface area contributed by atoms with E-state index in [0.29, 0.717) is 22.5 Å². The third-order valence-corrected chi connectivity index (χ3v) is 4.75. The van der Waals surface area contributed by atoms with Gasteiger partial charge in [-0.3, -0.25) is 9.89 Å². The summed E-state index contributed by atoms with van der Waals surface area (Å²) in [5.41, 5.74) is 6.86. The van der Waals surface area contributed by atoms with E-state index in [1.807, 2.05) is 25.1 Å². The minimum atomic E-state index is 0.111. The van der Waals surface area contributed by atoms with E-state index in [2.05, 4.69) is 15.2 Å². The lowest BCUT2D eigenvalue weighted by atomic mass is 10.0. The van der Waals surface area contributed by atoms with Crippen LogP contribution in [0.4, 0.5) is 0 Å². The zero-order chi connectivity index (χ0) is 17.4. The highest BCUT2D eigenvalue weighted by atomic mass is 35.5. The molecule has 1 aromatic rings. The van der Waals surface area contributed by atoms with Crippen molar-refractivity contribution in [2.45, 2.75) is 19.3 Å². The average Bonchev–Trinajstić information content (AvgIpc) is 2.57. The van der Waals surface area contributed by atoms with E-state index < -0.39 is 0 Å². The number of benzene rings is 1. The summed E-state index contributed by atoms with van der Waals surface area (Å²) in [6.45, 7) is 8.15. The summed E-state index contributed by atoms with van der Waals surface area (Å²) in [6.07, 6.45) is 1.03. The van der Waals surface area contributed by atoms with Crippen LogP contribution in [0.15, 0.2) is 23.2 Å². The molecule has 1 saturated heterocycles. The zero-order valence-corrected chi connectivity index (χ0v) is 15.6. The number of halogens is 2. The molecule has 24 heavy (non-hydrogen) atoms. The van der Waals surface area contributed by atoms with Crippen LogP contribution in [-0.4, -0.2) is 56.8 Å². The standard InChI is InChI=1S/C17H26Cl2N4O/c1-13(16-14(18)4-2-5-15(16)19)12-22-17(20)21-6-3-7-23-8-10-24-11-9-23/h2,4-5,13H,3,6-12H2,1H3,(H3,20,21,22). The number of ether oxygens (including phenoxy) is 1. The van der Waals surface area contributed by atoms with E-state index in [1.165, 1.54) is 0 Å². The van der Waals surface area contributed by atoms with Crippen LogP contribution >= 0.6 is 23.2 Å². The number of morpholine rings is 1. The van der Waals surface area contributed by atoms with Gasteiger partial charge in [0.25, 0.3) is 0 Å². The highest BCUT2D eigenvalue weighted by molar-refractivity contribution is 6.36. The second-order valence-electron chi connectivity index (χ2n) is 6.00. The van der Waals surface area contributed by atoms with Crippen LogP contribution in [0.25, 0.3) is 0 Å². The Morgan fingerprint density at radius 1 is 1.33 bits per heavy atom. The second kappa shape index (κ2) is 10.1. The Bertz CT molecular complexity index is 527. The number of nitrogens with two attached hydrogens (primary N) is 1. The maximum Gasteiger partial charge on any atom is 0.188 e. The van der Waals surface area contributed by atoms with Crippen molar-refractivity contribution in [3.05, 3.63) is 33.8 Å². The van der Waals surface area contributed by atoms with Gasteiger partial charge in [0, 0.05) is 42.1 Å². The van der Waals surface area contributed by atoms with Crippen LogP contribution in [0.2, 0.25) is 10.0 Å². The largest absolute Gasteiger partial charge is 0.379 e. The smallest absolute Gasteiger partial charge is 0.188 e. The molecule has 0 aliphatic carbocycles. The van der Waals surface area contributed by atoms with Crippen molar-refractivity contribution in [2.24, 2.45) is 10.7 Å². The predicted molar refractivity (Wildman–Crippen MR) is 101 cm³/mol. The van der Waals surface area contributed by atoms with Crippen LogP contribution in [0.5, 0.6) is 0 Å². The summed E-state index contributed by atoms with van der Waals surface area (Å²) >= 11 is 12.4. The normalized spacial score (nSPS) is 17.7. The van der Waals surface area contributed by atoms with Crippen LogP contribution < -0.4 is 11.1 Å². The summed E-state index contributed by atoms with van der Waals surface area (Å²) in [6, 6.07) is 5.53. The molecule has 1 heterocycles. The third-order valence-electron chi connectivity index (χ3n) is 4.09. The molecular formula is C17H26Cl2N4O. The first-order chi connectivity index (χ1) is 11.6. The number of aliphatic imine (C=N–C) groups is 1.